The van der Waals surface area contributed by atoms with E-state index in [4.69, 9.17) is 9.47 Å². The van der Waals surface area contributed by atoms with E-state index in [1.54, 1.807) is 12.0 Å². The van der Waals surface area contributed by atoms with Crippen LogP contribution < -0.4 is 4.74 Å². The van der Waals surface area contributed by atoms with Crippen LogP contribution in [0.15, 0.2) is 30.3 Å². The minimum atomic E-state index is -0.313. The van der Waals surface area contributed by atoms with E-state index in [1.807, 2.05) is 30.3 Å². The first-order valence-corrected chi connectivity index (χ1v) is 8.18. The molecule has 0 aromatic heterocycles. The van der Waals surface area contributed by atoms with Crippen LogP contribution in [0.4, 0.5) is 0 Å². The number of amides is 1. The van der Waals surface area contributed by atoms with Gasteiger partial charge in [0.1, 0.15) is 5.75 Å². The molecule has 0 saturated carbocycles. The van der Waals surface area contributed by atoms with Crippen molar-refractivity contribution >= 4 is 11.9 Å². The Morgan fingerprint density at radius 3 is 2.38 bits per heavy atom. The summed E-state index contributed by atoms with van der Waals surface area (Å²) >= 11 is 0. The molecule has 0 aliphatic rings. The standard InChI is InChI=1S/C18H27NO5/c1-22-14-7-12-19(13-11-18(21)23-2)17(20)10-6-15-24-16-8-4-3-5-9-16/h3-5,8-9H,6-7,10-15H2,1-2H3. The molecule has 0 fully saturated rings. The fourth-order valence-electron chi connectivity index (χ4n) is 2.18. The SMILES string of the molecule is COCCCN(CCC(=O)OC)C(=O)CCCOc1ccccc1. The summed E-state index contributed by atoms with van der Waals surface area (Å²) in [6, 6.07) is 9.51. The molecule has 6 heteroatoms. The smallest absolute Gasteiger partial charge is 0.307 e. The third-order valence-corrected chi connectivity index (χ3v) is 3.49. The molecule has 0 radical (unpaired) electrons. The highest BCUT2D eigenvalue weighted by Gasteiger charge is 2.14. The van der Waals surface area contributed by atoms with Crippen molar-refractivity contribution in [3.63, 3.8) is 0 Å². The number of benzene rings is 1. The zero-order valence-corrected chi connectivity index (χ0v) is 14.5. The van der Waals surface area contributed by atoms with Gasteiger partial charge < -0.3 is 19.1 Å². The lowest BCUT2D eigenvalue weighted by atomic mass is 10.2. The van der Waals surface area contributed by atoms with Crippen molar-refractivity contribution < 1.29 is 23.8 Å². The number of rotatable bonds is 12. The zero-order valence-electron chi connectivity index (χ0n) is 14.5. The van der Waals surface area contributed by atoms with Gasteiger partial charge in [0.05, 0.1) is 20.1 Å². The van der Waals surface area contributed by atoms with Gasteiger partial charge in [-0.15, -0.1) is 0 Å². The van der Waals surface area contributed by atoms with Gasteiger partial charge in [0, 0.05) is 33.2 Å². The molecule has 0 aliphatic carbocycles. The second kappa shape index (κ2) is 12.4. The fraction of sp³-hybridized carbons (Fsp3) is 0.556. The van der Waals surface area contributed by atoms with Crippen LogP contribution in [0.3, 0.4) is 0 Å². The molecular weight excluding hydrogens is 310 g/mol. The van der Waals surface area contributed by atoms with Gasteiger partial charge >= 0.3 is 5.97 Å². The minimum absolute atomic E-state index is 0.0201. The number of hydrogen-bond donors (Lipinski definition) is 0. The Morgan fingerprint density at radius 1 is 0.958 bits per heavy atom. The quantitative estimate of drug-likeness (QED) is 0.432. The van der Waals surface area contributed by atoms with Gasteiger partial charge in [0.25, 0.3) is 0 Å². The Hall–Kier alpha value is -2.08. The topological polar surface area (TPSA) is 65.1 Å². The Kier molecular flexibility index (Phi) is 10.3. The molecule has 24 heavy (non-hydrogen) atoms. The molecular formula is C18H27NO5. The van der Waals surface area contributed by atoms with Crippen LogP contribution in [0, 0.1) is 0 Å². The molecule has 1 aromatic carbocycles. The van der Waals surface area contributed by atoms with Crippen LogP contribution in [0.1, 0.15) is 25.7 Å². The van der Waals surface area contributed by atoms with E-state index in [2.05, 4.69) is 4.74 Å². The van der Waals surface area contributed by atoms with Crippen molar-refractivity contribution in [3.05, 3.63) is 30.3 Å². The van der Waals surface area contributed by atoms with Crippen molar-refractivity contribution in [1.82, 2.24) is 4.90 Å². The number of hydrogen-bond acceptors (Lipinski definition) is 5. The Morgan fingerprint density at radius 2 is 1.71 bits per heavy atom. The largest absolute Gasteiger partial charge is 0.494 e. The van der Waals surface area contributed by atoms with Crippen LogP contribution in [-0.2, 0) is 19.1 Å². The molecule has 0 unspecified atom stereocenters. The highest BCUT2D eigenvalue weighted by molar-refractivity contribution is 5.77. The summed E-state index contributed by atoms with van der Waals surface area (Å²) in [5.74, 6) is 0.506. The van der Waals surface area contributed by atoms with Gasteiger partial charge in [-0.05, 0) is 25.0 Å². The van der Waals surface area contributed by atoms with Crippen LogP contribution in [0.2, 0.25) is 0 Å². The van der Waals surface area contributed by atoms with E-state index < -0.39 is 0 Å². The average Bonchev–Trinajstić information content (AvgIpc) is 2.62. The van der Waals surface area contributed by atoms with E-state index in [1.165, 1.54) is 7.11 Å². The van der Waals surface area contributed by atoms with Crippen LogP contribution in [0.5, 0.6) is 5.75 Å². The molecule has 134 valence electrons. The lowest BCUT2D eigenvalue weighted by Crippen LogP contribution is -2.34. The summed E-state index contributed by atoms with van der Waals surface area (Å²) in [5.41, 5.74) is 0. The number of carbonyl (C=O) groups is 2. The molecule has 1 aromatic rings. The first kappa shape index (κ1) is 20.0. The molecule has 1 amide bonds. The van der Waals surface area contributed by atoms with Gasteiger partial charge in [0.2, 0.25) is 5.91 Å². The van der Waals surface area contributed by atoms with Gasteiger partial charge in [-0.2, -0.15) is 0 Å². The van der Waals surface area contributed by atoms with Crippen molar-refractivity contribution in [3.8, 4) is 5.75 Å². The highest BCUT2D eigenvalue weighted by atomic mass is 16.5. The van der Waals surface area contributed by atoms with Crippen LogP contribution >= 0.6 is 0 Å². The third-order valence-electron chi connectivity index (χ3n) is 3.49. The summed E-state index contributed by atoms with van der Waals surface area (Å²) in [6.45, 7) is 2.01. The Bertz CT molecular complexity index is 478. The number of methoxy groups -OCH3 is 2. The third kappa shape index (κ3) is 8.53. The molecule has 0 saturated heterocycles. The summed E-state index contributed by atoms with van der Waals surface area (Å²) in [5, 5.41) is 0. The zero-order chi connectivity index (χ0) is 17.6. The molecule has 1 rings (SSSR count). The fourth-order valence-corrected chi connectivity index (χ4v) is 2.18. The predicted octanol–water partition coefficient (Wildman–Crippen LogP) is 2.27. The Labute approximate surface area is 143 Å². The van der Waals surface area contributed by atoms with Crippen LogP contribution in [0.25, 0.3) is 0 Å². The predicted molar refractivity (Wildman–Crippen MR) is 90.9 cm³/mol. The van der Waals surface area contributed by atoms with Crippen molar-refractivity contribution in [1.29, 1.82) is 0 Å². The van der Waals surface area contributed by atoms with E-state index in [9.17, 15) is 9.59 Å². The number of carbonyl (C=O) groups excluding carboxylic acids is 2. The average molecular weight is 337 g/mol. The molecule has 0 bridgehead atoms. The molecule has 0 atom stereocenters. The second-order valence-corrected chi connectivity index (χ2v) is 5.32. The minimum Gasteiger partial charge on any atom is -0.494 e. The summed E-state index contributed by atoms with van der Waals surface area (Å²) < 4.78 is 15.2. The summed E-state index contributed by atoms with van der Waals surface area (Å²) in [6.07, 6.45) is 1.97. The number of nitrogens with zero attached hydrogens (tertiary/aromatic N) is 1. The maximum atomic E-state index is 12.3. The van der Waals surface area contributed by atoms with Crippen molar-refractivity contribution in [2.24, 2.45) is 0 Å². The first-order chi connectivity index (χ1) is 11.7. The second-order valence-electron chi connectivity index (χ2n) is 5.32. The van der Waals surface area contributed by atoms with Gasteiger partial charge in [0.15, 0.2) is 0 Å². The molecule has 0 N–H and O–H groups in total. The number of para-hydroxylation sites is 1. The summed E-state index contributed by atoms with van der Waals surface area (Å²) in [4.78, 5) is 25.3. The lowest BCUT2D eigenvalue weighted by molar-refractivity contribution is -0.141. The number of ether oxygens (including phenoxy) is 3. The molecule has 0 heterocycles. The summed E-state index contributed by atoms with van der Waals surface area (Å²) in [7, 11) is 2.97. The molecule has 0 spiro atoms. The molecule has 6 nitrogen and oxygen atoms in total. The monoisotopic (exact) mass is 337 g/mol. The Balaban J connectivity index is 2.34. The maximum Gasteiger partial charge on any atom is 0.307 e. The number of esters is 1. The van der Waals surface area contributed by atoms with Gasteiger partial charge in [-0.3, -0.25) is 9.59 Å². The van der Waals surface area contributed by atoms with Crippen molar-refractivity contribution in [2.75, 3.05) is 40.5 Å². The van der Waals surface area contributed by atoms with Crippen molar-refractivity contribution in [2.45, 2.75) is 25.7 Å². The van der Waals surface area contributed by atoms with E-state index >= 15 is 0 Å². The van der Waals surface area contributed by atoms with E-state index in [0.29, 0.717) is 39.1 Å². The van der Waals surface area contributed by atoms with Crippen LogP contribution in [-0.4, -0.2) is 57.3 Å². The van der Waals surface area contributed by atoms with Gasteiger partial charge in [-0.25, -0.2) is 0 Å². The van der Waals surface area contributed by atoms with E-state index in [-0.39, 0.29) is 18.3 Å². The van der Waals surface area contributed by atoms with Gasteiger partial charge in [-0.1, -0.05) is 18.2 Å². The highest BCUT2D eigenvalue weighted by Crippen LogP contribution is 2.09. The molecule has 0 aliphatic heterocycles. The maximum absolute atomic E-state index is 12.3. The first-order valence-electron chi connectivity index (χ1n) is 8.18. The lowest BCUT2D eigenvalue weighted by Gasteiger charge is -2.22. The van der Waals surface area contributed by atoms with E-state index in [0.717, 1.165) is 12.2 Å². The normalized spacial score (nSPS) is 10.2.